The minimum atomic E-state index is -3.62. The Morgan fingerprint density at radius 1 is 1.33 bits per heavy atom. The first-order valence-corrected chi connectivity index (χ1v) is 8.52. The van der Waals surface area contributed by atoms with E-state index in [-0.39, 0.29) is 11.0 Å². The first-order valence-electron chi connectivity index (χ1n) is 7.08. The zero-order chi connectivity index (χ0) is 16.0. The van der Waals surface area contributed by atoms with Crippen LogP contribution in [0.5, 0.6) is 0 Å². The van der Waals surface area contributed by atoms with E-state index < -0.39 is 15.6 Å². The highest BCUT2D eigenvalue weighted by molar-refractivity contribution is 7.89. The standard InChI is InChI=1S/C15H24N2O3S/c1-10-6-7-13(16)14(12(10)3)21(18,19)17-8-11(2)20-15(4,5)9-17/h6-7,11H,8-9,16H2,1-5H3. The van der Waals surface area contributed by atoms with Gasteiger partial charge in [0.1, 0.15) is 4.90 Å². The van der Waals surface area contributed by atoms with E-state index >= 15 is 0 Å². The Morgan fingerprint density at radius 2 is 1.95 bits per heavy atom. The van der Waals surface area contributed by atoms with Gasteiger partial charge in [0.15, 0.2) is 0 Å². The molecule has 0 aromatic heterocycles. The number of hydrogen-bond donors (Lipinski definition) is 1. The van der Waals surface area contributed by atoms with E-state index in [2.05, 4.69) is 0 Å². The van der Waals surface area contributed by atoms with Crippen molar-refractivity contribution in [2.24, 2.45) is 0 Å². The third-order valence-electron chi connectivity index (χ3n) is 3.84. The van der Waals surface area contributed by atoms with Crippen molar-refractivity contribution in [3.05, 3.63) is 23.3 Å². The zero-order valence-corrected chi connectivity index (χ0v) is 14.1. The molecule has 2 rings (SSSR count). The van der Waals surface area contributed by atoms with Gasteiger partial charge in [-0.05, 0) is 51.8 Å². The average Bonchev–Trinajstić information content (AvgIpc) is 2.31. The van der Waals surface area contributed by atoms with Crippen LogP contribution in [0.3, 0.4) is 0 Å². The van der Waals surface area contributed by atoms with Crippen molar-refractivity contribution in [3.8, 4) is 0 Å². The molecule has 0 radical (unpaired) electrons. The van der Waals surface area contributed by atoms with E-state index in [0.29, 0.717) is 24.3 Å². The van der Waals surface area contributed by atoms with Crippen LogP contribution in [0.4, 0.5) is 5.69 Å². The molecule has 21 heavy (non-hydrogen) atoms. The molecule has 0 aliphatic carbocycles. The highest BCUT2D eigenvalue weighted by Crippen LogP contribution is 2.31. The Bertz CT molecular complexity index is 653. The molecule has 0 bridgehead atoms. The highest BCUT2D eigenvalue weighted by Gasteiger charge is 2.39. The minimum absolute atomic E-state index is 0.144. The molecule has 1 unspecified atom stereocenters. The lowest BCUT2D eigenvalue weighted by Gasteiger charge is -2.41. The van der Waals surface area contributed by atoms with E-state index in [9.17, 15) is 8.42 Å². The molecule has 5 nitrogen and oxygen atoms in total. The monoisotopic (exact) mass is 312 g/mol. The Morgan fingerprint density at radius 3 is 2.52 bits per heavy atom. The van der Waals surface area contributed by atoms with E-state index in [1.54, 1.807) is 13.0 Å². The topological polar surface area (TPSA) is 72.6 Å². The van der Waals surface area contributed by atoms with Crippen LogP contribution in [0.2, 0.25) is 0 Å². The SMILES string of the molecule is Cc1ccc(N)c(S(=O)(=O)N2CC(C)OC(C)(C)C2)c1C. The molecule has 2 N–H and O–H groups in total. The molecule has 1 aromatic carbocycles. The maximum atomic E-state index is 13.0. The molecule has 1 aliphatic rings. The number of nitrogens with zero attached hydrogens (tertiary/aromatic N) is 1. The Labute approximate surface area is 127 Å². The number of benzene rings is 1. The fourth-order valence-electron chi connectivity index (χ4n) is 2.86. The smallest absolute Gasteiger partial charge is 0.245 e. The van der Waals surface area contributed by atoms with Gasteiger partial charge in [-0.25, -0.2) is 8.42 Å². The number of aryl methyl sites for hydroxylation is 1. The van der Waals surface area contributed by atoms with Crippen LogP contribution in [-0.4, -0.2) is 37.5 Å². The lowest BCUT2D eigenvalue weighted by atomic mass is 10.1. The first-order chi connectivity index (χ1) is 9.54. The molecule has 1 atom stereocenters. The summed E-state index contributed by atoms with van der Waals surface area (Å²) in [6.07, 6.45) is -0.144. The number of sulfonamides is 1. The van der Waals surface area contributed by atoms with Crippen LogP contribution < -0.4 is 5.73 Å². The fraction of sp³-hybridized carbons (Fsp3) is 0.600. The Hall–Kier alpha value is -1.11. The van der Waals surface area contributed by atoms with Crippen molar-refractivity contribution in [1.29, 1.82) is 0 Å². The van der Waals surface area contributed by atoms with Crippen molar-refractivity contribution in [2.45, 2.75) is 51.2 Å². The molecular formula is C15H24N2O3S. The van der Waals surface area contributed by atoms with E-state index in [0.717, 1.165) is 5.56 Å². The predicted octanol–water partition coefficient (Wildman–Crippen LogP) is 2.07. The Balaban J connectivity index is 2.50. The number of rotatable bonds is 2. The number of nitrogen functional groups attached to an aromatic ring is 1. The summed E-state index contributed by atoms with van der Waals surface area (Å²) in [6.45, 7) is 10.0. The van der Waals surface area contributed by atoms with E-state index in [4.69, 9.17) is 10.5 Å². The highest BCUT2D eigenvalue weighted by atomic mass is 32.2. The van der Waals surface area contributed by atoms with Crippen LogP contribution in [0, 0.1) is 13.8 Å². The summed E-state index contributed by atoms with van der Waals surface area (Å²) in [5.41, 5.74) is 7.38. The van der Waals surface area contributed by atoms with Gasteiger partial charge < -0.3 is 10.5 Å². The fourth-order valence-corrected chi connectivity index (χ4v) is 4.92. The summed E-state index contributed by atoms with van der Waals surface area (Å²) < 4.78 is 33.3. The van der Waals surface area contributed by atoms with Gasteiger partial charge in [-0.1, -0.05) is 6.07 Å². The molecule has 1 fully saturated rings. The minimum Gasteiger partial charge on any atom is -0.398 e. The summed E-state index contributed by atoms with van der Waals surface area (Å²) in [5.74, 6) is 0. The molecule has 118 valence electrons. The Kier molecular flexibility index (Phi) is 4.08. The third kappa shape index (κ3) is 3.07. The second-order valence-corrected chi connectivity index (χ2v) is 8.29. The number of morpholine rings is 1. The summed E-state index contributed by atoms with van der Waals surface area (Å²) in [6, 6.07) is 3.50. The van der Waals surface area contributed by atoms with Crippen molar-refractivity contribution < 1.29 is 13.2 Å². The summed E-state index contributed by atoms with van der Waals surface area (Å²) in [7, 11) is -3.62. The van der Waals surface area contributed by atoms with Gasteiger partial charge in [0.05, 0.1) is 17.4 Å². The molecule has 1 heterocycles. The molecule has 0 saturated carbocycles. The molecule has 1 aliphatic heterocycles. The van der Waals surface area contributed by atoms with Gasteiger partial charge in [-0.3, -0.25) is 0 Å². The average molecular weight is 312 g/mol. The summed E-state index contributed by atoms with van der Waals surface area (Å²) in [4.78, 5) is 0.229. The lowest BCUT2D eigenvalue weighted by Crippen LogP contribution is -2.53. The van der Waals surface area contributed by atoms with Crippen molar-refractivity contribution in [3.63, 3.8) is 0 Å². The maximum Gasteiger partial charge on any atom is 0.245 e. The second kappa shape index (κ2) is 5.26. The predicted molar refractivity (Wildman–Crippen MR) is 83.7 cm³/mol. The molecule has 0 spiro atoms. The number of nitrogens with two attached hydrogens (primary N) is 1. The van der Waals surface area contributed by atoms with Crippen LogP contribution in [0.1, 0.15) is 31.9 Å². The molecular weight excluding hydrogens is 288 g/mol. The van der Waals surface area contributed by atoms with Gasteiger partial charge in [0.25, 0.3) is 0 Å². The van der Waals surface area contributed by atoms with Gasteiger partial charge in [-0.15, -0.1) is 0 Å². The molecule has 1 aromatic rings. The van der Waals surface area contributed by atoms with Gasteiger partial charge in [0.2, 0.25) is 10.0 Å². The van der Waals surface area contributed by atoms with Crippen molar-refractivity contribution in [1.82, 2.24) is 4.31 Å². The normalized spacial score (nSPS) is 23.2. The van der Waals surface area contributed by atoms with E-state index in [1.165, 1.54) is 4.31 Å². The van der Waals surface area contributed by atoms with Crippen molar-refractivity contribution in [2.75, 3.05) is 18.8 Å². The van der Waals surface area contributed by atoms with Crippen LogP contribution in [0.25, 0.3) is 0 Å². The summed E-state index contributed by atoms with van der Waals surface area (Å²) in [5, 5.41) is 0. The van der Waals surface area contributed by atoms with Gasteiger partial charge in [-0.2, -0.15) is 4.31 Å². The molecule has 1 saturated heterocycles. The first kappa shape index (κ1) is 16.3. The van der Waals surface area contributed by atoms with Gasteiger partial charge >= 0.3 is 0 Å². The number of anilines is 1. The summed E-state index contributed by atoms with van der Waals surface area (Å²) >= 11 is 0. The quantitative estimate of drug-likeness (QED) is 0.849. The van der Waals surface area contributed by atoms with Gasteiger partial charge in [0, 0.05) is 13.1 Å². The van der Waals surface area contributed by atoms with Crippen LogP contribution in [0.15, 0.2) is 17.0 Å². The number of ether oxygens (including phenoxy) is 1. The van der Waals surface area contributed by atoms with E-state index in [1.807, 2.05) is 33.8 Å². The third-order valence-corrected chi connectivity index (χ3v) is 5.86. The van der Waals surface area contributed by atoms with Crippen LogP contribution in [-0.2, 0) is 14.8 Å². The van der Waals surface area contributed by atoms with Crippen LogP contribution >= 0.6 is 0 Å². The lowest BCUT2D eigenvalue weighted by molar-refractivity contribution is -0.109. The number of hydrogen-bond acceptors (Lipinski definition) is 4. The van der Waals surface area contributed by atoms with Crippen molar-refractivity contribution >= 4 is 15.7 Å². The second-order valence-electron chi connectivity index (χ2n) is 6.41. The zero-order valence-electron chi connectivity index (χ0n) is 13.3. The maximum absolute atomic E-state index is 13.0. The molecule has 6 heteroatoms. The molecule has 0 amide bonds. The largest absolute Gasteiger partial charge is 0.398 e.